The van der Waals surface area contributed by atoms with Crippen LogP contribution in [0.1, 0.15) is 26.3 Å². The van der Waals surface area contributed by atoms with E-state index in [9.17, 15) is 14.9 Å². The molecule has 0 spiro atoms. The van der Waals surface area contributed by atoms with Crippen LogP contribution < -0.4 is 4.90 Å². The van der Waals surface area contributed by atoms with Gasteiger partial charge < -0.3 is 4.57 Å². The molecule has 8 aromatic rings. The maximum Gasteiger partial charge on any atom is 0.268 e. The molecule has 5 nitrogen and oxygen atoms in total. The molecule has 2 heterocycles. The number of nitrogens with zero attached hydrogens (tertiary/aromatic N) is 3. The highest BCUT2D eigenvalue weighted by molar-refractivity contribution is 6.36. The van der Waals surface area contributed by atoms with Gasteiger partial charge in [-0.15, -0.1) is 0 Å². The normalized spacial score (nSPS) is 12.4. The van der Waals surface area contributed by atoms with Crippen LogP contribution in [0.25, 0.3) is 60.9 Å². The minimum atomic E-state index is -0.360. The summed E-state index contributed by atoms with van der Waals surface area (Å²) in [5.41, 5.74) is 10.1. The van der Waals surface area contributed by atoms with Gasteiger partial charge in [-0.05, 0) is 94.0 Å². The van der Waals surface area contributed by atoms with Crippen molar-refractivity contribution in [2.75, 3.05) is 4.90 Å². The van der Waals surface area contributed by atoms with E-state index in [1.807, 2.05) is 127 Å². The molecule has 50 heavy (non-hydrogen) atoms. The van der Waals surface area contributed by atoms with E-state index in [-0.39, 0.29) is 11.8 Å². The summed E-state index contributed by atoms with van der Waals surface area (Å²) >= 11 is 0. The first kappa shape index (κ1) is 29.1. The van der Waals surface area contributed by atoms with Crippen LogP contribution in [0.15, 0.2) is 164 Å². The molecular formula is C45H27N3O2. The molecular weight excluding hydrogens is 615 g/mol. The average Bonchev–Trinajstić information content (AvgIpc) is 3.65. The molecule has 2 amide bonds. The summed E-state index contributed by atoms with van der Waals surface area (Å²) in [4.78, 5) is 30.3. The van der Waals surface area contributed by atoms with Gasteiger partial charge >= 0.3 is 0 Å². The number of benzene rings is 7. The van der Waals surface area contributed by atoms with Crippen LogP contribution in [0.3, 0.4) is 0 Å². The van der Waals surface area contributed by atoms with Crippen LogP contribution in [-0.4, -0.2) is 16.4 Å². The Balaban J connectivity index is 1.21. The van der Waals surface area contributed by atoms with E-state index >= 15 is 0 Å². The Hall–Kier alpha value is -7.03. The summed E-state index contributed by atoms with van der Waals surface area (Å²) in [6.45, 7) is 0. The van der Waals surface area contributed by atoms with E-state index in [1.54, 1.807) is 12.1 Å². The second-order valence-electron chi connectivity index (χ2n) is 12.4. The van der Waals surface area contributed by atoms with Crippen molar-refractivity contribution >= 4 is 39.3 Å². The molecule has 1 aliphatic heterocycles. The molecule has 0 bridgehead atoms. The highest BCUT2D eigenvalue weighted by Gasteiger charge is 2.39. The minimum absolute atomic E-state index is 0.350. The van der Waals surface area contributed by atoms with Gasteiger partial charge in [-0.25, -0.2) is 4.90 Å². The molecule has 7 aromatic carbocycles. The number of carbonyl (C=O) groups excluding carboxylic acids is 2. The summed E-state index contributed by atoms with van der Waals surface area (Å²) in [6, 6.07) is 55.6. The Labute approximate surface area is 288 Å². The number of nitriles is 1. The highest BCUT2D eigenvalue weighted by atomic mass is 16.2. The van der Waals surface area contributed by atoms with Crippen molar-refractivity contribution < 1.29 is 9.59 Å². The predicted octanol–water partition coefficient (Wildman–Crippen LogP) is 10.5. The van der Waals surface area contributed by atoms with Crippen molar-refractivity contribution in [1.82, 2.24) is 4.57 Å². The molecule has 0 fully saturated rings. The third-order valence-electron chi connectivity index (χ3n) is 9.52. The fraction of sp³-hybridized carbons (Fsp3) is 0. The van der Waals surface area contributed by atoms with Gasteiger partial charge in [0.15, 0.2) is 0 Å². The third kappa shape index (κ3) is 4.62. The number of imide groups is 1. The first-order valence-corrected chi connectivity index (χ1v) is 16.4. The fourth-order valence-electron chi connectivity index (χ4n) is 7.20. The van der Waals surface area contributed by atoms with E-state index < -0.39 is 0 Å². The SMILES string of the molecule is N#Cc1cccc(-c2ccc3c(c2)c2ccccc2n3-c2cccc3c2C(=O)N(c2cc(-c4ccccc4)cc(-c4ccccc4)c2)C3=O)c1. The molecule has 5 heteroatoms. The van der Waals surface area contributed by atoms with Crippen LogP contribution >= 0.6 is 0 Å². The van der Waals surface area contributed by atoms with Crippen molar-refractivity contribution in [2.24, 2.45) is 0 Å². The molecule has 0 saturated heterocycles. The van der Waals surface area contributed by atoms with Gasteiger partial charge in [0.1, 0.15) is 0 Å². The molecule has 0 unspecified atom stereocenters. The van der Waals surface area contributed by atoms with Gasteiger partial charge in [-0.3, -0.25) is 9.59 Å². The summed E-state index contributed by atoms with van der Waals surface area (Å²) < 4.78 is 2.09. The number of para-hydroxylation sites is 1. The van der Waals surface area contributed by atoms with E-state index in [0.717, 1.165) is 55.2 Å². The zero-order valence-corrected chi connectivity index (χ0v) is 26.7. The van der Waals surface area contributed by atoms with E-state index in [2.05, 4.69) is 34.9 Å². The number of amides is 2. The van der Waals surface area contributed by atoms with Crippen LogP contribution in [0.5, 0.6) is 0 Å². The van der Waals surface area contributed by atoms with E-state index in [1.165, 1.54) is 4.90 Å². The maximum atomic E-state index is 14.7. The lowest BCUT2D eigenvalue weighted by atomic mass is 9.97. The number of rotatable bonds is 5. The standard InChI is InChI=1S/C45H27N3O2/c46-28-29-11-9-16-32(23-29)33-21-22-41-39(27-33)37-17-7-8-19-40(37)48(41)42-20-10-18-38-43(42)45(50)47(44(38)49)36-25-34(30-12-3-1-4-13-30)24-35(26-36)31-14-5-2-6-15-31/h1-27H. The lowest BCUT2D eigenvalue weighted by Crippen LogP contribution is -2.29. The molecule has 0 aliphatic carbocycles. The number of carbonyl (C=O) groups is 2. The molecule has 0 radical (unpaired) electrons. The number of aromatic nitrogens is 1. The van der Waals surface area contributed by atoms with Gasteiger partial charge in [-0.1, -0.05) is 103 Å². The van der Waals surface area contributed by atoms with Crippen LogP contribution in [0, 0.1) is 11.3 Å². The predicted molar refractivity (Wildman–Crippen MR) is 199 cm³/mol. The minimum Gasteiger partial charge on any atom is -0.308 e. The average molecular weight is 642 g/mol. The topological polar surface area (TPSA) is 66.1 Å². The quantitative estimate of drug-likeness (QED) is 0.176. The maximum absolute atomic E-state index is 14.7. The van der Waals surface area contributed by atoms with Gasteiger partial charge in [0.2, 0.25) is 0 Å². The summed E-state index contributed by atoms with van der Waals surface area (Å²) in [7, 11) is 0. The second-order valence-corrected chi connectivity index (χ2v) is 12.4. The summed E-state index contributed by atoms with van der Waals surface area (Å²) in [5, 5.41) is 11.5. The fourth-order valence-corrected chi connectivity index (χ4v) is 7.20. The third-order valence-corrected chi connectivity index (χ3v) is 9.52. The number of fused-ring (bicyclic) bond motifs is 4. The van der Waals surface area contributed by atoms with Crippen LogP contribution in [-0.2, 0) is 0 Å². The lowest BCUT2D eigenvalue weighted by Gasteiger charge is -2.18. The highest BCUT2D eigenvalue weighted by Crippen LogP contribution is 2.40. The first-order valence-electron chi connectivity index (χ1n) is 16.4. The Morgan fingerprint density at radius 1 is 0.460 bits per heavy atom. The smallest absolute Gasteiger partial charge is 0.268 e. The van der Waals surface area contributed by atoms with Gasteiger partial charge in [0.05, 0.1) is 45.2 Å². The van der Waals surface area contributed by atoms with Gasteiger partial charge in [0.25, 0.3) is 11.8 Å². The van der Waals surface area contributed by atoms with E-state index in [4.69, 9.17) is 0 Å². The summed E-state index contributed by atoms with van der Waals surface area (Å²) in [5.74, 6) is -0.711. The Morgan fingerprint density at radius 3 is 1.80 bits per heavy atom. The monoisotopic (exact) mass is 641 g/mol. The van der Waals surface area contributed by atoms with Crippen molar-refractivity contribution in [3.8, 4) is 45.1 Å². The van der Waals surface area contributed by atoms with Gasteiger partial charge in [-0.2, -0.15) is 5.26 Å². The molecule has 0 N–H and O–H groups in total. The molecule has 9 rings (SSSR count). The zero-order valence-electron chi connectivity index (χ0n) is 26.7. The molecule has 1 aliphatic rings. The van der Waals surface area contributed by atoms with Crippen molar-refractivity contribution in [2.45, 2.75) is 0 Å². The second kappa shape index (κ2) is 11.6. The van der Waals surface area contributed by atoms with Crippen LogP contribution in [0.4, 0.5) is 5.69 Å². The van der Waals surface area contributed by atoms with Crippen molar-refractivity contribution in [3.05, 3.63) is 180 Å². The molecule has 0 saturated carbocycles. The zero-order chi connectivity index (χ0) is 33.8. The number of hydrogen-bond donors (Lipinski definition) is 0. The number of anilines is 1. The lowest BCUT2D eigenvalue weighted by molar-refractivity contribution is 0.0926. The van der Waals surface area contributed by atoms with Crippen molar-refractivity contribution in [1.29, 1.82) is 5.26 Å². The Bertz CT molecular complexity index is 2640. The molecule has 0 atom stereocenters. The largest absolute Gasteiger partial charge is 0.308 e. The molecule has 234 valence electrons. The molecule has 1 aromatic heterocycles. The number of hydrogen-bond acceptors (Lipinski definition) is 3. The van der Waals surface area contributed by atoms with E-state index in [0.29, 0.717) is 28.1 Å². The Kier molecular flexibility index (Phi) is 6.75. The van der Waals surface area contributed by atoms with Crippen molar-refractivity contribution in [3.63, 3.8) is 0 Å². The Morgan fingerprint density at radius 2 is 1.08 bits per heavy atom. The summed E-state index contributed by atoms with van der Waals surface area (Å²) in [6.07, 6.45) is 0. The van der Waals surface area contributed by atoms with Gasteiger partial charge in [0, 0.05) is 10.8 Å². The van der Waals surface area contributed by atoms with Crippen LogP contribution in [0.2, 0.25) is 0 Å². The first-order chi connectivity index (χ1) is 24.6.